The van der Waals surface area contributed by atoms with E-state index in [1.807, 2.05) is 6.92 Å². The summed E-state index contributed by atoms with van der Waals surface area (Å²) in [4.78, 5) is 0. The maximum Gasteiger partial charge on any atom is 0.134 e. The van der Waals surface area contributed by atoms with Gasteiger partial charge in [0.15, 0.2) is 0 Å². The van der Waals surface area contributed by atoms with Crippen molar-refractivity contribution >= 4 is 17.2 Å². The summed E-state index contributed by atoms with van der Waals surface area (Å²) < 4.78 is 1.62. The molecule has 0 fully saturated rings. The number of halogens is 1. The fraction of sp³-hybridized carbons (Fsp3) is 0.375. The molecule has 0 spiro atoms. The van der Waals surface area contributed by atoms with Gasteiger partial charge < -0.3 is 5.73 Å². The monoisotopic (exact) mass is 185 g/mol. The average Bonchev–Trinajstić information content (AvgIpc) is 2.26. The molecule has 3 nitrogen and oxygen atoms in total. The van der Waals surface area contributed by atoms with Crippen molar-refractivity contribution in [2.45, 2.75) is 6.92 Å². The van der Waals surface area contributed by atoms with Crippen molar-refractivity contribution in [2.24, 2.45) is 12.8 Å². The number of nitrogens with zero attached hydrogens (tertiary/aromatic N) is 2. The molecule has 0 bridgehead atoms. The molecule has 0 aromatic carbocycles. The summed E-state index contributed by atoms with van der Waals surface area (Å²) in [5.41, 5.74) is 8.03. The fourth-order valence-electron chi connectivity index (χ4n) is 1.13. The molecular formula is C8H12ClN3. The molecule has 1 aromatic heterocycles. The van der Waals surface area contributed by atoms with Crippen molar-refractivity contribution in [2.75, 3.05) is 6.54 Å². The molecule has 0 aliphatic rings. The van der Waals surface area contributed by atoms with Gasteiger partial charge in [-0.25, -0.2) is 0 Å². The van der Waals surface area contributed by atoms with E-state index in [0.717, 1.165) is 16.8 Å². The lowest BCUT2D eigenvalue weighted by Crippen LogP contribution is -2.01. The van der Waals surface area contributed by atoms with Crippen LogP contribution in [0.4, 0.5) is 0 Å². The zero-order valence-electron chi connectivity index (χ0n) is 7.26. The quantitative estimate of drug-likeness (QED) is 0.756. The van der Waals surface area contributed by atoms with E-state index in [1.165, 1.54) is 0 Å². The molecule has 2 N–H and O–H groups in total. The first kappa shape index (κ1) is 9.29. The van der Waals surface area contributed by atoms with E-state index < -0.39 is 0 Å². The minimum atomic E-state index is 0.409. The molecule has 0 atom stereocenters. The Balaban J connectivity index is 3.22. The van der Waals surface area contributed by atoms with E-state index >= 15 is 0 Å². The summed E-state index contributed by atoms with van der Waals surface area (Å²) >= 11 is 5.97. The van der Waals surface area contributed by atoms with Crippen LogP contribution >= 0.6 is 11.6 Å². The number of aryl methyl sites for hydroxylation is 2. The Morgan fingerprint density at radius 3 is 2.67 bits per heavy atom. The second kappa shape index (κ2) is 3.29. The Bertz CT molecular complexity index is 314. The topological polar surface area (TPSA) is 43.8 Å². The van der Waals surface area contributed by atoms with Crippen LogP contribution in [-0.4, -0.2) is 16.3 Å². The Labute approximate surface area is 76.8 Å². The molecule has 1 heterocycles. The van der Waals surface area contributed by atoms with E-state index in [2.05, 4.69) is 11.7 Å². The molecule has 0 unspecified atom stereocenters. The minimum absolute atomic E-state index is 0.409. The van der Waals surface area contributed by atoms with E-state index in [-0.39, 0.29) is 0 Å². The smallest absolute Gasteiger partial charge is 0.134 e. The third kappa shape index (κ3) is 1.38. The van der Waals surface area contributed by atoms with E-state index in [1.54, 1.807) is 11.7 Å². The lowest BCUT2D eigenvalue weighted by molar-refractivity contribution is 0.757. The average molecular weight is 186 g/mol. The summed E-state index contributed by atoms with van der Waals surface area (Å²) in [5.74, 6) is 0. The second-order valence-corrected chi connectivity index (χ2v) is 3.04. The summed E-state index contributed by atoms with van der Waals surface area (Å²) in [6, 6.07) is 0. The first-order valence-corrected chi connectivity index (χ1v) is 4.03. The first-order chi connectivity index (χ1) is 5.57. The molecule has 0 saturated carbocycles. The predicted molar refractivity (Wildman–Crippen MR) is 51.0 cm³/mol. The van der Waals surface area contributed by atoms with Crippen LogP contribution in [-0.2, 0) is 7.05 Å². The molecule has 0 aliphatic heterocycles. The SMILES string of the molecule is C=C(CN)c1c(C)nn(C)c1Cl. The van der Waals surface area contributed by atoms with E-state index in [4.69, 9.17) is 17.3 Å². The van der Waals surface area contributed by atoms with Crippen LogP contribution in [0.2, 0.25) is 5.15 Å². The fourth-order valence-corrected chi connectivity index (χ4v) is 1.44. The zero-order valence-corrected chi connectivity index (χ0v) is 8.02. The zero-order chi connectivity index (χ0) is 9.30. The minimum Gasteiger partial charge on any atom is -0.326 e. The summed E-state index contributed by atoms with van der Waals surface area (Å²) in [7, 11) is 1.79. The van der Waals surface area contributed by atoms with Crippen LogP contribution in [0.5, 0.6) is 0 Å². The standard InChI is InChI=1S/C8H12ClN3/c1-5(4-10)7-6(2)11-12(3)8(7)9/h1,4,10H2,2-3H3. The highest BCUT2D eigenvalue weighted by atomic mass is 35.5. The number of hydrogen-bond acceptors (Lipinski definition) is 2. The van der Waals surface area contributed by atoms with Gasteiger partial charge in [-0.2, -0.15) is 5.10 Å². The molecule has 0 radical (unpaired) electrons. The Kier molecular flexibility index (Phi) is 2.55. The maximum atomic E-state index is 5.97. The van der Waals surface area contributed by atoms with Gasteiger partial charge in [-0.3, -0.25) is 4.68 Å². The largest absolute Gasteiger partial charge is 0.326 e. The molecule has 0 amide bonds. The number of nitrogens with two attached hydrogens (primary N) is 1. The highest BCUT2D eigenvalue weighted by Gasteiger charge is 2.12. The lowest BCUT2D eigenvalue weighted by Gasteiger charge is -2.00. The maximum absolute atomic E-state index is 5.97. The third-order valence-corrected chi connectivity index (χ3v) is 2.19. The molecule has 66 valence electrons. The van der Waals surface area contributed by atoms with Gasteiger partial charge in [0.1, 0.15) is 5.15 Å². The first-order valence-electron chi connectivity index (χ1n) is 3.65. The van der Waals surface area contributed by atoms with Gasteiger partial charge >= 0.3 is 0 Å². The Morgan fingerprint density at radius 1 is 1.75 bits per heavy atom. The molecular weight excluding hydrogens is 174 g/mol. The Hall–Kier alpha value is -0.800. The van der Waals surface area contributed by atoms with Gasteiger partial charge in [0.25, 0.3) is 0 Å². The van der Waals surface area contributed by atoms with Gasteiger partial charge in [-0.15, -0.1) is 0 Å². The number of rotatable bonds is 2. The highest BCUT2D eigenvalue weighted by molar-refractivity contribution is 6.31. The van der Waals surface area contributed by atoms with Crippen molar-refractivity contribution in [1.82, 2.24) is 9.78 Å². The lowest BCUT2D eigenvalue weighted by atomic mass is 10.1. The van der Waals surface area contributed by atoms with Crippen LogP contribution in [0.3, 0.4) is 0 Å². The van der Waals surface area contributed by atoms with Gasteiger partial charge in [-0.1, -0.05) is 18.2 Å². The number of aromatic nitrogens is 2. The molecule has 0 saturated heterocycles. The Morgan fingerprint density at radius 2 is 2.33 bits per heavy atom. The normalized spacial score (nSPS) is 10.3. The summed E-state index contributed by atoms with van der Waals surface area (Å²) in [5, 5.41) is 4.75. The second-order valence-electron chi connectivity index (χ2n) is 2.68. The highest BCUT2D eigenvalue weighted by Crippen LogP contribution is 2.24. The van der Waals surface area contributed by atoms with Crippen molar-refractivity contribution in [1.29, 1.82) is 0 Å². The molecule has 1 aromatic rings. The molecule has 12 heavy (non-hydrogen) atoms. The third-order valence-electron chi connectivity index (χ3n) is 1.75. The van der Waals surface area contributed by atoms with Gasteiger partial charge in [0.05, 0.1) is 5.69 Å². The predicted octanol–water partition coefficient (Wildman–Crippen LogP) is 1.35. The van der Waals surface area contributed by atoms with Crippen LogP contribution < -0.4 is 5.73 Å². The molecule has 0 aliphatic carbocycles. The van der Waals surface area contributed by atoms with E-state index in [9.17, 15) is 0 Å². The van der Waals surface area contributed by atoms with Gasteiger partial charge in [-0.05, 0) is 12.5 Å². The van der Waals surface area contributed by atoms with E-state index in [0.29, 0.717) is 11.7 Å². The van der Waals surface area contributed by atoms with Gasteiger partial charge in [0, 0.05) is 19.2 Å². The summed E-state index contributed by atoms with van der Waals surface area (Å²) in [6.07, 6.45) is 0. The van der Waals surface area contributed by atoms with Crippen LogP contribution in [0.1, 0.15) is 11.3 Å². The van der Waals surface area contributed by atoms with Crippen molar-refractivity contribution < 1.29 is 0 Å². The number of hydrogen-bond donors (Lipinski definition) is 1. The van der Waals surface area contributed by atoms with Crippen molar-refractivity contribution in [3.05, 3.63) is 23.0 Å². The summed E-state index contributed by atoms with van der Waals surface area (Å²) in [6.45, 7) is 6.12. The van der Waals surface area contributed by atoms with Crippen molar-refractivity contribution in [3.8, 4) is 0 Å². The molecule has 1 rings (SSSR count). The molecule has 4 heteroatoms. The van der Waals surface area contributed by atoms with Crippen LogP contribution in [0.15, 0.2) is 6.58 Å². The van der Waals surface area contributed by atoms with Crippen LogP contribution in [0.25, 0.3) is 5.57 Å². The van der Waals surface area contributed by atoms with Crippen molar-refractivity contribution in [3.63, 3.8) is 0 Å². The van der Waals surface area contributed by atoms with Crippen LogP contribution in [0, 0.1) is 6.92 Å². The van der Waals surface area contributed by atoms with Gasteiger partial charge in [0.2, 0.25) is 0 Å².